The molecule has 3 aromatic rings. The van der Waals surface area contributed by atoms with Gasteiger partial charge in [-0.25, -0.2) is 21.6 Å². The number of amides is 2. The van der Waals surface area contributed by atoms with E-state index in [4.69, 9.17) is 0 Å². The minimum Gasteiger partial charge on any atom is -0.354 e. The number of benzene rings is 3. The minimum absolute atomic E-state index is 0.00431. The molecule has 42 heavy (non-hydrogen) atoms. The number of hydrogen-bond donors (Lipinski definition) is 1. The second-order valence-electron chi connectivity index (χ2n) is 10.5. The van der Waals surface area contributed by atoms with E-state index in [1.54, 1.807) is 6.07 Å². The normalized spacial score (nSPS) is 12.2. The van der Waals surface area contributed by atoms with Crippen LogP contribution in [0.3, 0.4) is 0 Å². The smallest absolute Gasteiger partial charge is 0.243 e. The lowest BCUT2D eigenvalue weighted by Gasteiger charge is -2.32. The van der Waals surface area contributed by atoms with Crippen LogP contribution in [0.4, 0.5) is 18.9 Å². The summed E-state index contributed by atoms with van der Waals surface area (Å²) >= 11 is 0. The van der Waals surface area contributed by atoms with Crippen LogP contribution in [0.1, 0.15) is 37.8 Å². The van der Waals surface area contributed by atoms with E-state index in [1.807, 2.05) is 44.2 Å². The molecule has 0 aliphatic heterocycles. The monoisotopic (exact) mass is 603 g/mol. The Bertz CT molecular complexity index is 1470. The van der Waals surface area contributed by atoms with E-state index in [2.05, 4.69) is 5.32 Å². The lowest BCUT2D eigenvalue weighted by atomic mass is 10.0. The zero-order chi connectivity index (χ0) is 30.9. The van der Waals surface area contributed by atoms with E-state index in [-0.39, 0.29) is 49.5 Å². The molecule has 0 aromatic heterocycles. The van der Waals surface area contributed by atoms with Crippen molar-refractivity contribution in [2.24, 2.45) is 5.92 Å². The zero-order valence-electron chi connectivity index (χ0n) is 23.9. The molecule has 0 saturated heterocycles. The Balaban J connectivity index is 1.89. The van der Waals surface area contributed by atoms with Gasteiger partial charge in [0.15, 0.2) is 11.6 Å². The Labute approximate surface area is 245 Å². The van der Waals surface area contributed by atoms with Crippen LogP contribution in [-0.4, -0.2) is 50.5 Å². The summed E-state index contributed by atoms with van der Waals surface area (Å²) in [5, 5.41) is 2.88. The first-order valence-electron chi connectivity index (χ1n) is 13.6. The van der Waals surface area contributed by atoms with Crippen molar-refractivity contribution in [2.75, 3.05) is 23.7 Å². The molecule has 0 aliphatic rings. The summed E-state index contributed by atoms with van der Waals surface area (Å²) in [7, 11) is -3.90. The van der Waals surface area contributed by atoms with Crippen molar-refractivity contribution in [2.45, 2.75) is 45.7 Å². The van der Waals surface area contributed by atoms with Crippen molar-refractivity contribution in [3.63, 3.8) is 0 Å². The maximum absolute atomic E-state index is 14.7. The second kappa shape index (κ2) is 14.9. The molecule has 0 bridgehead atoms. The highest BCUT2D eigenvalue weighted by molar-refractivity contribution is 7.92. The molecule has 0 saturated carbocycles. The van der Waals surface area contributed by atoms with Crippen molar-refractivity contribution in [1.82, 2.24) is 10.2 Å². The Kier molecular flexibility index (Phi) is 11.6. The Morgan fingerprint density at radius 2 is 1.55 bits per heavy atom. The summed E-state index contributed by atoms with van der Waals surface area (Å²) in [5.74, 6) is -3.58. The van der Waals surface area contributed by atoms with E-state index >= 15 is 0 Å². The Morgan fingerprint density at radius 3 is 2.17 bits per heavy atom. The van der Waals surface area contributed by atoms with Gasteiger partial charge in [0, 0.05) is 44.1 Å². The quantitative estimate of drug-likeness (QED) is 0.279. The molecule has 0 fully saturated rings. The van der Waals surface area contributed by atoms with Gasteiger partial charge < -0.3 is 10.2 Å². The number of hydrogen-bond acceptors (Lipinski definition) is 4. The molecule has 0 spiro atoms. The minimum atomic E-state index is -3.90. The summed E-state index contributed by atoms with van der Waals surface area (Å²) in [5.41, 5.74) is 0.942. The maximum atomic E-state index is 14.7. The number of halogens is 3. The van der Waals surface area contributed by atoms with Gasteiger partial charge in [-0.3, -0.25) is 13.9 Å². The van der Waals surface area contributed by atoms with Gasteiger partial charge in [0.2, 0.25) is 21.8 Å². The topological polar surface area (TPSA) is 86.8 Å². The first-order chi connectivity index (χ1) is 19.9. The molecule has 0 unspecified atom stereocenters. The molecular weight excluding hydrogens is 567 g/mol. The van der Waals surface area contributed by atoms with Crippen LogP contribution in [0, 0.1) is 23.4 Å². The summed E-state index contributed by atoms with van der Waals surface area (Å²) in [6.07, 6.45) is 0.919. The fourth-order valence-electron chi connectivity index (χ4n) is 4.43. The summed E-state index contributed by atoms with van der Waals surface area (Å²) < 4.78 is 67.9. The standard InChI is InChI=1S/C31H36F3N3O4S/c1-22(2)20-35-31(39)29(18-23-10-5-4-6-11-23)36(21-24-12-7-8-13-26(24)32)30(38)14-9-17-37(42(3,40)41)25-15-16-27(33)28(34)19-25/h4-8,10-13,15-16,19,22,29H,9,14,17-18,20-21H2,1-3H3,(H,35,39)/t29-/m0/s1. The van der Waals surface area contributed by atoms with E-state index < -0.39 is 45.3 Å². The van der Waals surface area contributed by atoms with E-state index in [1.165, 1.54) is 23.1 Å². The van der Waals surface area contributed by atoms with Gasteiger partial charge in [0.05, 0.1) is 11.9 Å². The fourth-order valence-corrected chi connectivity index (χ4v) is 5.39. The molecule has 0 aliphatic carbocycles. The van der Waals surface area contributed by atoms with Crippen LogP contribution < -0.4 is 9.62 Å². The number of rotatable bonds is 14. The molecule has 3 aromatic carbocycles. The van der Waals surface area contributed by atoms with Crippen LogP contribution in [0.15, 0.2) is 72.8 Å². The van der Waals surface area contributed by atoms with Gasteiger partial charge in [-0.2, -0.15) is 0 Å². The summed E-state index contributed by atoms with van der Waals surface area (Å²) in [4.78, 5) is 28.5. The number of sulfonamides is 1. The van der Waals surface area contributed by atoms with Gasteiger partial charge >= 0.3 is 0 Å². The summed E-state index contributed by atoms with van der Waals surface area (Å²) in [6.45, 7) is 3.87. The predicted molar refractivity (Wildman–Crippen MR) is 157 cm³/mol. The molecule has 11 heteroatoms. The van der Waals surface area contributed by atoms with Crippen molar-refractivity contribution in [3.8, 4) is 0 Å². The molecule has 0 heterocycles. The number of carbonyl (C=O) groups is 2. The summed E-state index contributed by atoms with van der Waals surface area (Å²) in [6, 6.07) is 16.9. The SMILES string of the molecule is CC(C)CNC(=O)[C@H](Cc1ccccc1)N(Cc1ccccc1F)C(=O)CCCN(c1ccc(F)c(F)c1)S(C)(=O)=O. The molecular formula is C31H36F3N3O4S. The third-order valence-corrected chi connectivity index (χ3v) is 7.79. The molecule has 226 valence electrons. The van der Waals surface area contributed by atoms with Crippen LogP contribution in [0.5, 0.6) is 0 Å². The second-order valence-corrected chi connectivity index (χ2v) is 12.4. The van der Waals surface area contributed by atoms with Crippen molar-refractivity contribution in [3.05, 3.63) is 101 Å². The van der Waals surface area contributed by atoms with E-state index in [0.29, 0.717) is 6.54 Å². The number of nitrogens with one attached hydrogen (secondary N) is 1. The van der Waals surface area contributed by atoms with Crippen LogP contribution in [-0.2, 0) is 32.6 Å². The van der Waals surface area contributed by atoms with Gasteiger partial charge in [-0.1, -0.05) is 62.4 Å². The third-order valence-electron chi connectivity index (χ3n) is 6.60. The van der Waals surface area contributed by atoms with Crippen LogP contribution in [0.25, 0.3) is 0 Å². The van der Waals surface area contributed by atoms with E-state index in [0.717, 1.165) is 34.3 Å². The molecule has 1 atom stereocenters. The predicted octanol–water partition coefficient (Wildman–Crippen LogP) is 5.06. The van der Waals surface area contributed by atoms with Gasteiger partial charge in [0.1, 0.15) is 11.9 Å². The largest absolute Gasteiger partial charge is 0.354 e. The number of carbonyl (C=O) groups excluding carboxylic acids is 2. The first kappa shape index (κ1) is 32.7. The Morgan fingerprint density at radius 1 is 0.881 bits per heavy atom. The van der Waals surface area contributed by atoms with Gasteiger partial charge in [0.25, 0.3) is 0 Å². The Hall–Kier alpha value is -3.86. The fraction of sp³-hybridized carbons (Fsp3) is 0.355. The highest BCUT2D eigenvalue weighted by Crippen LogP contribution is 2.22. The third kappa shape index (κ3) is 9.34. The van der Waals surface area contributed by atoms with Crippen molar-refractivity contribution < 1.29 is 31.2 Å². The molecule has 0 radical (unpaired) electrons. The number of anilines is 1. The van der Waals surface area contributed by atoms with Crippen molar-refractivity contribution >= 4 is 27.5 Å². The molecule has 2 amide bonds. The van der Waals surface area contributed by atoms with E-state index in [9.17, 15) is 31.2 Å². The number of nitrogens with zero attached hydrogens (tertiary/aromatic N) is 2. The molecule has 3 rings (SSSR count). The van der Waals surface area contributed by atoms with Crippen LogP contribution in [0.2, 0.25) is 0 Å². The van der Waals surface area contributed by atoms with Gasteiger partial charge in [-0.15, -0.1) is 0 Å². The lowest BCUT2D eigenvalue weighted by Crippen LogP contribution is -2.51. The van der Waals surface area contributed by atoms with Crippen molar-refractivity contribution in [1.29, 1.82) is 0 Å². The lowest BCUT2D eigenvalue weighted by molar-refractivity contribution is -0.141. The molecule has 7 nitrogen and oxygen atoms in total. The first-order valence-corrected chi connectivity index (χ1v) is 15.5. The highest BCUT2D eigenvalue weighted by Gasteiger charge is 2.31. The van der Waals surface area contributed by atoms with Crippen LogP contribution >= 0.6 is 0 Å². The highest BCUT2D eigenvalue weighted by atomic mass is 32.2. The average molecular weight is 604 g/mol. The van der Waals surface area contributed by atoms with Gasteiger partial charge in [-0.05, 0) is 36.1 Å². The zero-order valence-corrected chi connectivity index (χ0v) is 24.7. The molecule has 1 N–H and O–H groups in total. The maximum Gasteiger partial charge on any atom is 0.243 e. The average Bonchev–Trinajstić information content (AvgIpc) is 2.94.